The summed E-state index contributed by atoms with van der Waals surface area (Å²) in [5.41, 5.74) is 7.04. The second kappa shape index (κ2) is 11.7. The molecule has 0 bridgehead atoms. The molecular weight excluding hydrogens is 659 g/mol. The molecule has 0 saturated heterocycles. The summed E-state index contributed by atoms with van der Waals surface area (Å²) in [5, 5.41) is 2.22. The number of benzene rings is 4. The Morgan fingerprint density at radius 3 is 2.36 bits per heavy atom. The molecule has 7 rings (SSSR count). The van der Waals surface area contributed by atoms with Gasteiger partial charge in [-0.3, -0.25) is 0 Å². The van der Waals surface area contributed by atoms with Gasteiger partial charge in [-0.05, 0) is 23.2 Å². The van der Waals surface area contributed by atoms with Gasteiger partial charge in [-0.2, -0.15) is 6.07 Å². The molecule has 4 aromatic carbocycles. The van der Waals surface area contributed by atoms with Crippen molar-refractivity contribution < 1.29 is 29.1 Å². The number of fused-ring (bicyclic) bond motifs is 4. The van der Waals surface area contributed by atoms with Crippen molar-refractivity contribution in [1.82, 2.24) is 9.56 Å². The van der Waals surface area contributed by atoms with E-state index in [4.69, 9.17) is 4.42 Å². The second-order valence-corrected chi connectivity index (χ2v) is 9.61. The molecule has 193 valence electrons. The van der Waals surface area contributed by atoms with Crippen LogP contribution in [-0.2, 0) is 20.1 Å². The van der Waals surface area contributed by atoms with Crippen LogP contribution in [0.3, 0.4) is 0 Å². The number of hydrogen-bond donors (Lipinski definition) is 0. The van der Waals surface area contributed by atoms with E-state index in [2.05, 4.69) is 82.5 Å². The molecule has 0 fully saturated rings. The van der Waals surface area contributed by atoms with Gasteiger partial charge in [-0.1, -0.05) is 76.9 Å². The van der Waals surface area contributed by atoms with Gasteiger partial charge in [0.25, 0.3) is 11.4 Å². The zero-order chi connectivity index (χ0) is 25.9. The predicted octanol–water partition coefficient (Wildman–Crippen LogP) is 8.25. The average molecular weight is 686 g/mol. The van der Waals surface area contributed by atoms with E-state index in [1.165, 1.54) is 5.69 Å². The average Bonchev–Trinajstić information content (AvgIpc) is 3.52. The quantitative estimate of drug-likeness (QED) is 0.138. The first kappa shape index (κ1) is 26.5. The first-order chi connectivity index (χ1) is 18.7. The van der Waals surface area contributed by atoms with Crippen molar-refractivity contribution in [2.45, 2.75) is 13.8 Å². The first-order valence-corrected chi connectivity index (χ1v) is 12.8. The molecule has 1 radical (unpaired) electrons. The smallest absolute Gasteiger partial charge is 0.483 e. The van der Waals surface area contributed by atoms with Crippen molar-refractivity contribution in [3.63, 3.8) is 0 Å². The normalized spacial score (nSPS) is 11.9. The van der Waals surface area contributed by atoms with Crippen molar-refractivity contribution in [3.05, 3.63) is 121 Å². The molecule has 2 aromatic heterocycles. The minimum atomic E-state index is 0. The third kappa shape index (κ3) is 5.53. The Morgan fingerprint density at radius 1 is 0.821 bits per heavy atom. The molecule has 4 nitrogen and oxygen atoms in total. The van der Waals surface area contributed by atoms with Crippen LogP contribution < -0.4 is 4.58 Å². The molecule has 5 heteroatoms. The maximum absolute atomic E-state index is 6.04. The van der Waals surface area contributed by atoms with Gasteiger partial charge in [0.05, 0.1) is 0 Å². The first-order valence-electron chi connectivity index (χ1n) is 12.8. The summed E-state index contributed by atoms with van der Waals surface area (Å²) in [6.45, 7) is 5.37. The molecule has 0 aliphatic carbocycles. The van der Waals surface area contributed by atoms with Gasteiger partial charge in [0.1, 0.15) is 11.3 Å². The number of para-hydroxylation sites is 3. The summed E-state index contributed by atoms with van der Waals surface area (Å²) in [4.78, 5) is 4.22. The summed E-state index contributed by atoms with van der Waals surface area (Å²) in [6, 6.07) is 44.3. The molecule has 0 atom stereocenters. The standard InChI is InChI=1S/C23H19N2O.C11H8N.Ir/c1-16(2)14-24-15-25(21-9-5-4-8-20(21)24)17-11-12-19-18-7-3-6-10-22(18)26-23(19)13-17;1-2-6-10(7-3-1)11-8-4-5-9-12-11;/h3-10,12-13,16H,14H2,1-2H3;1-6,8-9H;/q+1;-1;. The summed E-state index contributed by atoms with van der Waals surface area (Å²) in [6.07, 6.45) is 1.79. The van der Waals surface area contributed by atoms with Crippen molar-refractivity contribution in [2.24, 2.45) is 5.92 Å². The number of rotatable bonds is 4. The Bertz CT molecular complexity index is 1760. The molecule has 6 aromatic rings. The number of furan rings is 1. The minimum Gasteiger partial charge on any atom is -0.483 e. The van der Waals surface area contributed by atoms with Crippen LogP contribution in [-0.4, -0.2) is 22.1 Å². The van der Waals surface area contributed by atoms with E-state index in [1.807, 2.05) is 66.7 Å². The molecule has 0 amide bonds. The Labute approximate surface area is 241 Å². The van der Waals surface area contributed by atoms with Gasteiger partial charge >= 0.3 is 6.01 Å². The fourth-order valence-corrected chi connectivity index (χ4v) is 4.65. The molecule has 0 N–H and O–H groups in total. The number of hydrogen-bond acceptors (Lipinski definition) is 2. The molecule has 0 spiro atoms. The van der Waals surface area contributed by atoms with Gasteiger partial charge < -0.3 is 9.40 Å². The maximum atomic E-state index is 6.04. The van der Waals surface area contributed by atoms with E-state index in [1.54, 1.807) is 6.20 Å². The van der Waals surface area contributed by atoms with Crippen LogP contribution in [0.15, 0.2) is 114 Å². The van der Waals surface area contributed by atoms with Crippen molar-refractivity contribution >= 4 is 45.0 Å². The van der Waals surface area contributed by atoms with Crippen LogP contribution in [0.1, 0.15) is 13.8 Å². The summed E-state index contributed by atoms with van der Waals surface area (Å²) >= 11 is 0. The molecule has 1 aliphatic rings. The summed E-state index contributed by atoms with van der Waals surface area (Å²) in [5.74, 6) is 0.553. The SMILES string of the molecule is CC(C)C[N+]1=C=[N+](c2[c-]cc3c(c2)oc2ccccc23)c2ccccc21.[Ir].[c-]1ccccc1-c1ccccn1. The third-order valence-corrected chi connectivity index (χ3v) is 6.37. The van der Waals surface area contributed by atoms with Gasteiger partial charge in [-0.25, -0.2) is 0 Å². The van der Waals surface area contributed by atoms with Crippen LogP contribution in [0.4, 0.5) is 17.1 Å². The van der Waals surface area contributed by atoms with Crippen molar-refractivity contribution in [1.29, 1.82) is 0 Å². The fraction of sp³-hybridized carbons (Fsp3) is 0.118. The molecular formula is C34H27IrN3O. The Hall–Kier alpha value is -4.14. The maximum Gasteiger partial charge on any atom is 0.494 e. The summed E-state index contributed by atoms with van der Waals surface area (Å²) < 4.78 is 10.3. The number of pyridine rings is 1. The van der Waals surface area contributed by atoms with Crippen LogP contribution in [0.2, 0.25) is 0 Å². The molecule has 1 aliphatic heterocycles. The van der Waals surface area contributed by atoms with Gasteiger partial charge in [0, 0.05) is 49.9 Å². The van der Waals surface area contributed by atoms with E-state index in [0.717, 1.165) is 51.1 Å². The fourth-order valence-electron chi connectivity index (χ4n) is 4.65. The van der Waals surface area contributed by atoms with Gasteiger partial charge in [-0.15, -0.1) is 42.0 Å². The van der Waals surface area contributed by atoms with Crippen molar-refractivity contribution in [3.8, 4) is 11.3 Å². The van der Waals surface area contributed by atoms with Crippen LogP contribution >= 0.6 is 0 Å². The molecule has 0 unspecified atom stereocenters. The molecule has 3 heterocycles. The van der Waals surface area contributed by atoms with E-state index in [0.29, 0.717) is 5.92 Å². The van der Waals surface area contributed by atoms with Gasteiger partial charge in [0.2, 0.25) is 0 Å². The van der Waals surface area contributed by atoms with Crippen LogP contribution in [0, 0.1) is 18.1 Å². The largest absolute Gasteiger partial charge is 0.494 e. The number of nitrogens with zero attached hydrogens (tertiary/aromatic N) is 3. The minimum absolute atomic E-state index is 0. The topological polar surface area (TPSA) is 32.0 Å². The van der Waals surface area contributed by atoms with E-state index in [-0.39, 0.29) is 20.1 Å². The monoisotopic (exact) mass is 686 g/mol. The van der Waals surface area contributed by atoms with Crippen LogP contribution in [0.5, 0.6) is 0 Å². The summed E-state index contributed by atoms with van der Waals surface area (Å²) in [7, 11) is 0. The van der Waals surface area contributed by atoms with Crippen LogP contribution in [0.25, 0.3) is 33.2 Å². The van der Waals surface area contributed by atoms with Crippen molar-refractivity contribution in [2.75, 3.05) is 6.54 Å². The second-order valence-electron chi connectivity index (χ2n) is 9.61. The number of aromatic nitrogens is 1. The van der Waals surface area contributed by atoms with E-state index in [9.17, 15) is 0 Å². The van der Waals surface area contributed by atoms with Gasteiger partial charge in [0.15, 0.2) is 6.54 Å². The Morgan fingerprint density at radius 2 is 1.59 bits per heavy atom. The molecule has 0 saturated carbocycles. The Balaban J connectivity index is 0.000000200. The molecule has 39 heavy (non-hydrogen) atoms. The third-order valence-electron chi connectivity index (χ3n) is 6.37. The Kier molecular flexibility index (Phi) is 7.95. The zero-order valence-electron chi connectivity index (χ0n) is 21.8. The van der Waals surface area contributed by atoms with E-state index >= 15 is 0 Å². The zero-order valence-corrected chi connectivity index (χ0v) is 24.2. The van der Waals surface area contributed by atoms with E-state index < -0.39 is 0 Å². The predicted molar refractivity (Wildman–Crippen MR) is 154 cm³/mol.